The number of benzene rings is 1. The van der Waals surface area contributed by atoms with E-state index in [0.717, 1.165) is 24.7 Å². The van der Waals surface area contributed by atoms with Crippen molar-refractivity contribution in [3.63, 3.8) is 0 Å². The highest BCUT2D eigenvalue weighted by Crippen LogP contribution is 2.23. The summed E-state index contributed by atoms with van der Waals surface area (Å²) in [7, 11) is 4.18. The van der Waals surface area contributed by atoms with Crippen LogP contribution < -0.4 is 10.6 Å². The minimum absolute atomic E-state index is 0.387. The molecule has 24 heavy (non-hydrogen) atoms. The molecule has 1 fully saturated rings. The third-order valence-corrected chi connectivity index (χ3v) is 4.92. The predicted molar refractivity (Wildman–Crippen MR) is 94.9 cm³/mol. The molecule has 0 saturated heterocycles. The first-order valence-corrected chi connectivity index (χ1v) is 8.70. The van der Waals surface area contributed by atoms with E-state index in [1.807, 2.05) is 42.3 Å². The van der Waals surface area contributed by atoms with Gasteiger partial charge in [0.1, 0.15) is 6.04 Å². The van der Waals surface area contributed by atoms with Crippen LogP contribution in [-0.2, 0) is 0 Å². The van der Waals surface area contributed by atoms with Crippen molar-refractivity contribution in [2.75, 3.05) is 32.1 Å². The molecule has 1 aliphatic rings. The van der Waals surface area contributed by atoms with Crippen molar-refractivity contribution < 1.29 is 4.42 Å². The molecule has 3 rings (SSSR count). The van der Waals surface area contributed by atoms with Crippen LogP contribution in [0.3, 0.4) is 0 Å². The normalized spacial score (nSPS) is 16.7. The Kier molecular flexibility index (Phi) is 5.48. The van der Waals surface area contributed by atoms with E-state index in [4.69, 9.17) is 10.2 Å². The lowest BCUT2D eigenvalue weighted by Gasteiger charge is -2.26. The number of nitrogens with two attached hydrogens (primary N) is 1. The van der Waals surface area contributed by atoms with E-state index in [1.165, 1.54) is 25.7 Å². The summed E-state index contributed by atoms with van der Waals surface area (Å²) in [5, 5.41) is 8.27. The molecule has 1 atom stereocenters. The van der Waals surface area contributed by atoms with Gasteiger partial charge in [0.05, 0.1) is 0 Å². The van der Waals surface area contributed by atoms with E-state index in [0.29, 0.717) is 11.9 Å². The van der Waals surface area contributed by atoms with Crippen molar-refractivity contribution in [3.05, 3.63) is 41.8 Å². The van der Waals surface area contributed by atoms with Gasteiger partial charge in [-0.3, -0.25) is 0 Å². The summed E-state index contributed by atoms with van der Waals surface area (Å²) < 4.78 is 5.78. The molecule has 1 aromatic carbocycles. The van der Waals surface area contributed by atoms with Crippen LogP contribution in [0.2, 0.25) is 0 Å². The molecule has 1 heterocycles. The fourth-order valence-corrected chi connectivity index (χ4v) is 3.24. The van der Waals surface area contributed by atoms with Crippen molar-refractivity contribution in [2.45, 2.75) is 37.8 Å². The summed E-state index contributed by atoms with van der Waals surface area (Å²) in [6.07, 6.45) is 5.35. The summed E-state index contributed by atoms with van der Waals surface area (Å²) in [5.74, 6) is 0.451. The number of hydrogen-bond acceptors (Lipinski definition) is 6. The summed E-state index contributed by atoms with van der Waals surface area (Å²) >= 11 is 0. The first kappa shape index (κ1) is 16.9. The van der Waals surface area contributed by atoms with E-state index in [1.54, 1.807) is 0 Å². The smallest absolute Gasteiger partial charge is 0.317 e. The standard InChI is InChI=1S/C18H27N5O/c1-22(15-10-6-7-11-15)12-13-23(2)18-21-20-17(24-18)16(19)14-8-4-3-5-9-14/h3-5,8-9,15-16H,6-7,10-13,19H2,1-2H3. The molecule has 0 spiro atoms. The minimum atomic E-state index is -0.387. The maximum Gasteiger partial charge on any atom is 0.317 e. The van der Waals surface area contributed by atoms with Gasteiger partial charge in [-0.1, -0.05) is 48.3 Å². The van der Waals surface area contributed by atoms with Crippen LogP contribution in [0.15, 0.2) is 34.7 Å². The number of rotatable bonds is 7. The van der Waals surface area contributed by atoms with Gasteiger partial charge in [-0.2, -0.15) is 0 Å². The number of likely N-dealkylation sites (N-methyl/N-ethyl adjacent to an activating group) is 2. The van der Waals surface area contributed by atoms with Gasteiger partial charge >= 0.3 is 6.01 Å². The summed E-state index contributed by atoms with van der Waals surface area (Å²) in [6, 6.07) is 10.7. The van der Waals surface area contributed by atoms with E-state index >= 15 is 0 Å². The molecular weight excluding hydrogens is 302 g/mol. The topological polar surface area (TPSA) is 71.4 Å². The van der Waals surface area contributed by atoms with Gasteiger partial charge in [-0.25, -0.2) is 0 Å². The molecule has 0 bridgehead atoms. The summed E-state index contributed by atoms with van der Waals surface area (Å²) in [6.45, 7) is 1.85. The molecule has 1 saturated carbocycles. The largest absolute Gasteiger partial charge is 0.406 e. The van der Waals surface area contributed by atoms with Crippen LogP contribution in [0.1, 0.15) is 43.2 Å². The van der Waals surface area contributed by atoms with Crippen molar-refractivity contribution in [1.82, 2.24) is 15.1 Å². The Morgan fingerprint density at radius 3 is 2.54 bits per heavy atom. The predicted octanol–water partition coefficient (Wildman–Crippen LogP) is 2.43. The van der Waals surface area contributed by atoms with E-state index < -0.39 is 0 Å². The highest BCUT2D eigenvalue weighted by Gasteiger charge is 2.21. The molecule has 2 N–H and O–H groups in total. The number of anilines is 1. The van der Waals surface area contributed by atoms with Gasteiger partial charge in [0, 0.05) is 26.2 Å². The van der Waals surface area contributed by atoms with Crippen molar-refractivity contribution in [2.24, 2.45) is 5.73 Å². The second-order valence-electron chi connectivity index (χ2n) is 6.65. The monoisotopic (exact) mass is 329 g/mol. The van der Waals surface area contributed by atoms with Crippen LogP contribution in [0.5, 0.6) is 0 Å². The molecule has 0 radical (unpaired) electrons. The Balaban J connectivity index is 1.56. The Morgan fingerprint density at radius 1 is 1.12 bits per heavy atom. The molecule has 1 unspecified atom stereocenters. The molecular formula is C18H27N5O. The highest BCUT2D eigenvalue weighted by atomic mass is 16.4. The van der Waals surface area contributed by atoms with Gasteiger partial charge in [-0.15, -0.1) is 5.10 Å². The zero-order valence-corrected chi connectivity index (χ0v) is 14.6. The van der Waals surface area contributed by atoms with Gasteiger partial charge < -0.3 is 20.0 Å². The quantitative estimate of drug-likeness (QED) is 0.841. The van der Waals surface area contributed by atoms with Crippen LogP contribution >= 0.6 is 0 Å². The maximum absolute atomic E-state index is 6.21. The van der Waals surface area contributed by atoms with Gasteiger partial charge in [0.25, 0.3) is 0 Å². The second-order valence-corrected chi connectivity index (χ2v) is 6.65. The summed E-state index contributed by atoms with van der Waals surface area (Å²) in [5.41, 5.74) is 7.18. The lowest BCUT2D eigenvalue weighted by atomic mass is 10.1. The average Bonchev–Trinajstić information content (AvgIpc) is 3.31. The SMILES string of the molecule is CN(CCN(C)C1CCCC1)c1nnc(C(N)c2ccccc2)o1. The number of hydrogen-bond donors (Lipinski definition) is 1. The lowest BCUT2D eigenvalue weighted by molar-refractivity contribution is 0.250. The van der Waals surface area contributed by atoms with Crippen LogP contribution in [0.25, 0.3) is 0 Å². The molecule has 130 valence electrons. The number of nitrogens with zero attached hydrogens (tertiary/aromatic N) is 4. The zero-order chi connectivity index (χ0) is 16.9. The Morgan fingerprint density at radius 2 is 1.83 bits per heavy atom. The third-order valence-electron chi connectivity index (χ3n) is 4.92. The molecule has 0 aliphatic heterocycles. The Bertz CT molecular complexity index is 623. The van der Waals surface area contributed by atoms with E-state index in [9.17, 15) is 0 Å². The first-order chi connectivity index (χ1) is 11.6. The van der Waals surface area contributed by atoms with Crippen molar-refractivity contribution in [3.8, 4) is 0 Å². The van der Waals surface area contributed by atoms with Gasteiger partial charge in [0.2, 0.25) is 5.89 Å². The second kappa shape index (κ2) is 7.77. The highest BCUT2D eigenvalue weighted by molar-refractivity contribution is 5.26. The molecule has 1 aliphatic carbocycles. The fraction of sp³-hybridized carbons (Fsp3) is 0.556. The lowest BCUT2D eigenvalue weighted by Crippen LogP contribution is -2.36. The Hall–Kier alpha value is -1.92. The minimum Gasteiger partial charge on any atom is -0.406 e. The molecule has 1 aromatic heterocycles. The van der Waals surface area contributed by atoms with Crippen molar-refractivity contribution >= 4 is 6.01 Å². The van der Waals surface area contributed by atoms with Crippen LogP contribution in [-0.4, -0.2) is 48.3 Å². The molecule has 6 nitrogen and oxygen atoms in total. The maximum atomic E-state index is 6.21. The average molecular weight is 329 g/mol. The molecule has 6 heteroatoms. The van der Waals surface area contributed by atoms with Gasteiger partial charge in [-0.05, 0) is 25.5 Å². The van der Waals surface area contributed by atoms with Crippen molar-refractivity contribution in [1.29, 1.82) is 0 Å². The first-order valence-electron chi connectivity index (χ1n) is 8.70. The third kappa shape index (κ3) is 3.94. The summed E-state index contributed by atoms with van der Waals surface area (Å²) in [4.78, 5) is 4.44. The number of aromatic nitrogens is 2. The molecule has 2 aromatic rings. The van der Waals surface area contributed by atoms with Crippen LogP contribution in [0.4, 0.5) is 6.01 Å². The fourth-order valence-electron chi connectivity index (χ4n) is 3.24. The molecule has 0 amide bonds. The van der Waals surface area contributed by atoms with E-state index in [2.05, 4.69) is 22.1 Å². The van der Waals surface area contributed by atoms with Gasteiger partial charge in [0.15, 0.2) is 0 Å². The Labute approximate surface area is 143 Å². The van der Waals surface area contributed by atoms with E-state index in [-0.39, 0.29) is 6.04 Å². The zero-order valence-electron chi connectivity index (χ0n) is 14.6. The van der Waals surface area contributed by atoms with Crippen LogP contribution in [0, 0.1) is 0 Å².